The molecule has 0 N–H and O–H groups in total. The standard InChI is InChI=1S/C17H10N4/c18-10-12-5-8-16-19-20-17(21(16)11-12)15-7-6-13-3-1-2-4-14(13)9-15/h1-9,11H. The Morgan fingerprint density at radius 2 is 1.76 bits per heavy atom. The monoisotopic (exact) mass is 270 g/mol. The molecule has 2 aromatic carbocycles. The third-order valence-electron chi connectivity index (χ3n) is 3.54. The van der Waals surface area contributed by atoms with Crippen molar-refractivity contribution in [3.05, 3.63) is 66.4 Å². The average Bonchev–Trinajstić information content (AvgIpc) is 2.97. The normalized spacial score (nSPS) is 10.8. The molecule has 0 radical (unpaired) electrons. The van der Waals surface area contributed by atoms with Crippen LogP contribution in [0.25, 0.3) is 27.8 Å². The van der Waals surface area contributed by atoms with Crippen LogP contribution < -0.4 is 0 Å². The van der Waals surface area contributed by atoms with Crippen LogP contribution in [0, 0.1) is 11.3 Å². The molecule has 0 saturated carbocycles. The summed E-state index contributed by atoms with van der Waals surface area (Å²) in [6.07, 6.45) is 1.76. The lowest BCUT2D eigenvalue weighted by molar-refractivity contribution is 1.11. The number of nitriles is 1. The molecule has 2 aromatic heterocycles. The van der Waals surface area contributed by atoms with Crippen LogP contribution in [0.3, 0.4) is 0 Å². The lowest BCUT2D eigenvalue weighted by Gasteiger charge is -2.03. The number of benzene rings is 2. The van der Waals surface area contributed by atoms with E-state index >= 15 is 0 Å². The third-order valence-corrected chi connectivity index (χ3v) is 3.54. The molecule has 21 heavy (non-hydrogen) atoms. The fourth-order valence-corrected chi connectivity index (χ4v) is 2.48. The predicted octanol–water partition coefficient (Wildman–Crippen LogP) is 3.42. The number of aromatic nitrogens is 3. The molecule has 0 saturated heterocycles. The minimum atomic E-state index is 0.587. The van der Waals surface area contributed by atoms with E-state index in [9.17, 15) is 0 Å². The summed E-state index contributed by atoms with van der Waals surface area (Å²) in [5, 5.41) is 19.8. The SMILES string of the molecule is N#Cc1ccc2nnc(-c3ccc4ccccc4c3)n2c1. The van der Waals surface area contributed by atoms with Crippen molar-refractivity contribution in [3.8, 4) is 17.5 Å². The molecule has 4 heteroatoms. The van der Waals surface area contributed by atoms with E-state index in [1.807, 2.05) is 22.6 Å². The van der Waals surface area contributed by atoms with Crippen molar-refractivity contribution >= 4 is 16.4 Å². The summed E-state index contributed by atoms with van der Waals surface area (Å²) < 4.78 is 1.85. The molecule has 4 rings (SSSR count). The van der Waals surface area contributed by atoms with Crippen molar-refractivity contribution < 1.29 is 0 Å². The molecular formula is C17H10N4. The second kappa shape index (κ2) is 4.43. The second-order valence-corrected chi connectivity index (χ2v) is 4.84. The van der Waals surface area contributed by atoms with E-state index in [0.717, 1.165) is 22.4 Å². The van der Waals surface area contributed by atoms with Gasteiger partial charge in [0, 0.05) is 11.8 Å². The Morgan fingerprint density at radius 1 is 0.905 bits per heavy atom. The highest BCUT2D eigenvalue weighted by Crippen LogP contribution is 2.23. The van der Waals surface area contributed by atoms with E-state index in [1.54, 1.807) is 18.3 Å². The van der Waals surface area contributed by atoms with Crippen LogP contribution >= 0.6 is 0 Å². The highest BCUT2D eigenvalue weighted by molar-refractivity contribution is 5.86. The number of fused-ring (bicyclic) bond motifs is 2. The first-order valence-electron chi connectivity index (χ1n) is 6.59. The molecule has 0 fully saturated rings. The van der Waals surface area contributed by atoms with Gasteiger partial charge in [-0.1, -0.05) is 36.4 Å². The smallest absolute Gasteiger partial charge is 0.168 e. The molecule has 0 aliphatic heterocycles. The zero-order valence-corrected chi connectivity index (χ0v) is 11.1. The predicted molar refractivity (Wildman–Crippen MR) is 80.6 cm³/mol. The van der Waals surface area contributed by atoms with Crippen molar-refractivity contribution in [1.29, 1.82) is 5.26 Å². The molecule has 0 aliphatic carbocycles. The topological polar surface area (TPSA) is 54.0 Å². The summed E-state index contributed by atoms with van der Waals surface area (Å²) >= 11 is 0. The first kappa shape index (κ1) is 11.6. The Kier molecular flexibility index (Phi) is 2.45. The minimum absolute atomic E-state index is 0.587. The molecule has 4 aromatic rings. The lowest BCUT2D eigenvalue weighted by atomic mass is 10.1. The molecule has 0 bridgehead atoms. The van der Waals surface area contributed by atoms with Gasteiger partial charge in [0.05, 0.1) is 5.56 Å². The van der Waals surface area contributed by atoms with Crippen molar-refractivity contribution in [2.24, 2.45) is 0 Å². The molecule has 0 spiro atoms. The Balaban J connectivity index is 1.97. The molecule has 0 amide bonds. The zero-order chi connectivity index (χ0) is 14.2. The van der Waals surface area contributed by atoms with Gasteiger partial charge in [0.2, 0.25) is 0 Å². The maximum atomic E-state index is 9.03. The number of hydrogen-bond acceptors (Lipinski definition) is 3. The molecule has 0 atom stereocenters. The van der Waals surface area contributed by atoms with Gasteiger partial charge in [0.15, 0.2) is 11.5 Å². The van der Waals surface area contributed by atoms with Crippen LogP contribution in [0.4, 0.5) is 0 Å². The summed E-state index contributed by atoms with van der Waals surface area (Å²) in [4.78, 5) is 0. The third kappa shape index (κ3) is 1.84. The number of pyridine rings is 1. The average molecular weight is 270 g/mol. The van der Waals surface area contributed by atoms with Gasteiger partial charge in [-0.15, -0.1) is 10.2 Å². The first-order chi connectivity index (χ1) is 10.3. The van der Waals surface area contributed by atoms with Crippen LogP contribution in [-0.4, -0.2) is 14.6 Å². The van der Waals surface area contributed by atoms with E-state index in [-0.39, 0.29) is 0 Å². The molecule has 4 nitrogen and oxygen atoms in total. The van der Waals surface area contributed by atoms with Crippen LogP contribution in [0.1, 0.15) is 5.56 Å². The summed E-state index contributed by atoms with van der Waals surface area (Å²) in [6, 6.07) is 20.1. The molecule has 98 valence electrons. The van der Waals surface area contributed by atoms with Crippen molar-refractivity contribution in [1.82, 2.24) is 14.6 Å². The van der Waals surface area contributed by atoms with E-state index in [2.05, 4.69) is 40.5 Å². The van der Waals surface area contributed by atoms with E-state index in [4.69, 9.17) is 5.26 Å². The fourth-order valence-electron chi connectivity index (χ4n) is 2.48. The summed E-state index contributed by atoms with van der Waals surface area (Å²) in [6.45, 7) is 0. The van der Waals surface area contributed by atoms with Crippen molar-refractivity contribution in [3.63, 3.8) is 0 Å². The van der Waals surface area contributed by atoms with Crippen LogP contribution in [0.2, 0.25) is 0 Å². The van der Waals surface area contributed by atoms with Crippen molar-refractivity contribution in [2.75, 3.05) is 0 Å². The molecular weight excluding hydrogens is 260 g/mol. The molecule has 0 aliphatic rings. The second-order valence-electron chi connectivity index (χ2n) is 4.84. The van der Waals surface area contributed by atoms with Gasteiger partial charge in [-0.2, -0.15) is 5.26 Å². The highest BCUT2D eigenvalue weighted by atomic mass is 15.2. The number of nitrogens with zero attached hydrogens (tertiary/aromatic N) is 4. The van der Waals surface area contributed by atoms with E-state index in [1.165, 1.54) is 5.39 Å². The van der Waals surface area contributed by atoms with Crippen LogP contribution in [0.5, 0.6) is 0 Å². The van der Waals surface area contributed by atoms with Gasteiger partial charge in [0.25, 0.3) is 0 Å². The van der Waals surface area contributed by atoms with Gasteiger partial charge < -0.3 is 0 Å². The Labute approximate surface area is 120 Å². The van der Waals surface area contributed by atoms with Gasteiger partial charge in [0.1, 0.15) is 6.07 Å². The Hall–Kier alpha value is -3.19. The Bertz CT molecular complexity index is 1010. The zero-order valence-electron chi connectivity index (χ0n) is 11.1. The van der Waals surface area contributed by atoms with Gasteiger partial charge in [-0.25, -0.2) is 0 Å². The first-order valence-corrected chi connectivity index (χ1v) is 6.59. The largest absolute Gasteiger partial charge is 0.281 e. The minimum Gasteiger partial charge on any atom is -0.281 e. The quantitative estimate of drug-likeness (QED) is 0.532. The summed E-state index contributed by atoms with van der Waals surface area (Å²) in [7, 11) is 0. The van der Waals surface area contributed by atoms with Crippen LogP contribution in [0.15, 0.2) is 60.8 Å². The van der Waals surface area contributed by atoms with Crippen LogP contribution in [-0.2, 0) is 0 Å². The van der Waals surface area contributed by atoms with Gasteiger partial charge in [-0.3, -0.25) is 4.40 Å². The number of hydrogen-bond donors (Lipinski definition) is 0. The van der Waals surface area contributed by atoms with E-state index in [0.29, 0.717) is 5.56 Å². The molecule has 2 heterocycles. The maximum absolute atomic E-state index is 9.03. The Morgan fingerprint density at radius 3 is 2.62 bits per heavy atom. The highest BCUT2D eigenvalue weighted by Gasteiger charge is 2.09. The fraction of sp³-hybridized carbons (Fsp3) is 0. The van der Waals surface area contributed by atoms with Gasteiger partial charge >= 0.3 is 0 Å². The summed E-state index contributed by atoms with van der Waals surface area (Å²) in [5.41, 5.74) is 2.30. The molecule has 0 unspecified atom stereocenters. The lowest BCUT2D eigenvalue weighted by Crippen LogP contribution is -1.90. The van der Waals surface area contributed by atoms with Crippen molar-refractivity contribution in [2.45, 2.75) is 0 Å². The maximum Gasteiger partial charge on any atom is 0.168 e. The number of rotatable bonds is 1. The van der Waals surface area contributed by atoms with Gasteiger partial charge in [-0.05, 0) is 29.0 Å². The summed E-state index contributed by atoms with van der Waals surface area (Å²) in [5.74, 6) is 0.743. The van der Waals surface area contributed by atoms with E-state index < -0.39 is 0 Å².